The van der Waals surface area contributed by atoms with Gasteiger partial charge in [-0.1, -0.05) is 35.9 Å². The third-order valence-electron chi connectivity index (χ3n) is 4.10. The van der Waals surface area contributed by atoms with Gasteiger partial charge in [0.25, 0.3) is 0 Å². The number of carbonyl (C=O) groups excluding carboxylic acids is 1. The number of rotatable bonds is 6. The van der Waals surface area contributed by atoms with Gasteiger partial charge in [0.15, 0.2) is 0 Å². The van der Waals surface area contributed by atoms with Crippen LogP contribution in [0.4, 0.5) is 18.9 Å². The Kier molecular flexibility index (Phi) is 6.38. The maximum atomic E-state index is 13.0. The molecule has 0 spiro atoms. The second-order valence-electron chi connectivity index (χ2n) is 6.49. The van der Waals surface area contributed by atoms with Crippen molar-refractivity contribution in [2.75, 3.05) is 10.6 Å². The van der Waals surface area contributed by atoms with Gasteiger partial charge in [-0.2, -0.15) is 13.2 Å². The Hall–Kier alpha value is -2.55. The van der Waals surface area contributed by atoms with Crippen LogP contribution in [0.2, 0.25) is 0 Å². The average molecular weight is 414 g/mol. The number of nitrogens with one attached hydrogen (secondary N) is 1. The summed E-state index contributed by atoms with van der Waals surface area (Å²) in [6.07, 6.45) is -3.78. The van der Waals surface area contributed by atoms with E-state index in [9.17, 15) is 26.4 Å². The van der Waals surface area contributed by atoms with Crippen LogP contribution in [0, 0.1) is 6.92 Å². The van der Waals surface area contributed by atoms with Crippen LogP contribution in [-0.4, -0.2) is 26.6 Å². The number of halogens is 3. The second kappa shape index (κ2) is 8.22. The van der Waals surface area contributed by atoms with Crippen LogP contribution < -0.4 is 9.62 Å². The quantitative estimate of drug-likeness (QED) is 0.787. The van der Waals surface area contributed by atoms with E-state index < -0.39 is 33.7 Å². The molecule has 0 aromatic heterocycles. The molecule has 2 aromatic rings. The van der Waals surface area contributed by atoms with Crippen molar-refractivity contribution < 1.29 is 26.4 Å². The van der Waals surface area contributed by atoms with Gasteiger partial charge in [-0.25, -0.2) is 8.42 Å². The van der Waals surface area contributed by atoms with Crippen LogP contribution >= 0.6 is 0 Å². The molecule has 1 N–H and O–H groups in total. The van der Waals surface area contributed by atoms with Crippen molar-refractivity contribution in [1.29, 1.82) is 0 Å². The Balaban J connectivity index is 2.25. The van der Waals surface area contributed by atoms with Gasteiger partial charge < -0.3 is 5.32 Å². The van der Waals surface area contributed by atoms with Crippen LogP contribution in [0.3, 0.4) is 0 Å². The summed E-state index contributed by atoms with van der Waals surface area (Å²) in [5.41, 5.74) is 0.647. The lowest BCUT2D eigenvalue weighted by molar-refractivity contribution is -0.137. The normalized spacial score (nSPS) is 13.1. The fraction of sp³-hybridized carbons (Fsp3) is 0.316. The first kappa shape index (κ1) is 21.7. The summed E-state index contributed by atoms with van der Waals surface area (Å²) in [6.45, 7) is 3.42. The lowest BCUT2D eigenvalue weighted by atomic mass is 10.1. The fourth-order valence-electron chi connectivity index (χ4n) is 2.67. The largest absolute Gasteiger partial charge is 0.416 e. The summed E-state index contributed by atoms with van der Waals surface area (Å²) in [5.74, 6) is -0.622. The first-order valence-corrected chi connectivity index (χ1v) is 10.2. The summed E-state index contributed by atoms with van der Waals surface area (Å²) in [4.78, 5) is 12.5. The monoisotopic (exact) mass is 414 g/mol. The van der Waals surface area contributed by atoms with E-state index in [1.54, 1.807) is 0 Å². The van der Waals surface area contributed by atoms with Crippen molar-refractivity contribution in [1.82, 2.24) is 5.32 Å². The van der Waals surface area contributed by atoms with Crippen LogP contribution in [-0.2, 0) is 27.5 Å². The highest BCUT2D eigenvalue weighted by Gasteiger charge is 2.34. The number of carbonyl (C=O) groups is 1. The molecule has 9 heteroatoms. The average Bonchev–Trinajstić information content (AvgIpc) is 2.59. The molecule has 0 saturated heterocycles. The van der Waals surface area contributed by atoms with Gasteiger partial charge in [-0.3, -0.25) is 9.10 Å². The van der Waals surface area contributed by atoms with Gasteiger partial charge in [0, 0.05) is 6.54 Å². The zero-order chi connectivity index (χ0) is 21.1. The van der Waals surface area contributed by atoms with E-state index in [2.05, 4.69) is 5.32 Å². The number of sulfonamides is 1. The number of anilines is 1. The van der Waals surface area contributed by atoms with Crippen LogP contribution in [0.15, 0.2) is 48.5 Å². The minimum atomic E-state index is -4.63. The molecule has 1 atom stereocenters. The van der Waals surface area contributed by atoms with Crippen molar-refractivity contribution in [2.45, 2.75) is 32.6 Å². The molecule has 0 aliphatic rings. The third-order valence-corrected chi connectivity index (χ3v) is 5.35. The lowest BCUT2D eigenvalue weighted by Crippen LogP contribution is -2.47. The smallest absolute Gasteiger partial charge is 0.350 e. The number of hydrogen-bond acceptors (Lipinski definition) is 3. The molecular formula is C19H21F3N2O3S. The molecule has 28 heavy (non-hydrogen) atoms. The molecule has 0 saturated carbocycles. The van der Waals surface area contributed by atoms with E-state index >= 15 is 0 Å². The molecule has 0 aliphatic carbocycles. The number of amides is 1. The number of hydrogen-bond donors (Lipinski definition) is 1. The fourth-order valence-corrected chi connectivity index (χ4v) is 3.84. The topological polar surface area (TPSA) is 66.5 Å². The first-order valence-electron chi connectivity index (χ1n) is 8.39. The van der Waals surface area contributed by atoms with Gasteiger partial charge in [-0.15, -0.1) is 0 Å². The van der Waals surface area contributed by atoms with E-state index in [0.29, 0.717) is 10.4 Å². The number of nitrogens with zero attached hydrogens (tertiary/aromatic N) is 1. The maximum absolute atomic E-state index is 13.0. The predicted octanol–water partition coefficient (Wildman–Crippen LogP) is 3.48. The van der Waals surface area contributed by atoms with Gasteiger partial charge in [0.05, 0.1) is 17.5 Å². The van der Waals surface area contributed by atoms with Gasteiger partial charge in [0.1, 0.15) is 6.04 Å². The number of benzene rings is 2. The zero-order valence-electron chi connectivity index (χ0n) is 15.6. The standard InChI is InChI=1S/C19H21F3N2O3S/c1-13-7-9-15(10-8-13)12-23-18(25)14(2)24(28(3,26)27)17-6-4-5-16(11-17)19(20,21)22/h4-11,14H,12H2,1-3H3,(H,23,25)/t14-/m0/s1. The van der Waals surface area contributed by atoms with Crippen LogP contribution in [0.1, 0.15) is 23.6 Å². The van der Waals surface area contributed by atoms with Gasteiger partial charge >= 0.3 is 6.18 Å². The molecule has 0 aliphatic heterocycles. The molecule has 2 rings (SSSR count). The molecule has 0 unspecified atom stereocenters. The molecule has 0 radical (unpaired) electrons. The minimum Gasteiger partial charge on any atom is -0.350 e. The first-order chi connectivity index (χ1) is 12.9. The van der Waals surface area contributed by atoms with E-state index in [0.717, 1.165) is 29.5 Å². The summed E-state index contributed by atoms with van der Waals surface area (Å²) in [5, 5.41) is 2.62. The SMILES string of the molecule is Cc1ccc(CNC(=O)[C@H](C)N(c2cccc(C(F)(F)F)c2)S(C)(=O)=O)cc1. The van der Waals surface area contributed by atoms with Crippen molar-refractivity contribution in [2.24, 2.45) is 0 Å². The van der Waals surface area contributed by atoms with Crippen LogP contribution in [0.25, 0.3) is 0 Å². The van der Waals surface area contributed by atoms with Gasteiger partial charge in [-0.05, 0) is 37.6 Å². The van der Waals surface area contributed by atoms with E-state index in [4.69, 9.17) is 0 Å². The maximum Gasteiger partial charge on any atom is 0.416 e. The summed E-state index contributed by atoms with van der Waals surface area (Å²) < 4.78 is 64.0. The molecule has 152 valence electrons. The minimum absolute atomic E-state index is 0.170. The molecule has 0 fully saturated rings. The highest BCUT2D eigenvalue weighted by molar-refractivity contribution is 7.92. The van der Waals surface area contributed by atoms with E-state index in [-0.39, 0.29) is 12.2 Å². The highest BCUT2D eigenvalue weighted by Crippen LogP contribution is 2.32. The van der Waals surface area contributed by atoms with E-state index in [1.807, 2.05) is 31.2 Å². The van der Waals surface area contributed by atoms with Crippen molar-refractivity contribution >= 4 is 21.6 Å². The molecule has 5 nitrogen and oxygen atoms in total. The molecule has 0 bridgehead atoms. The summed E-state index contributed by atoms with van der Waals surface area (Å²) in [7, 11) is -4.01. The lowest BCUT2D eigenvalue weighted by Gasteiger charge is -2.28. The Bertz CT molecular complexity index is 942. The zero-order valence-corrected chi connectivity index (χ0v) is 16.4. The number of aryl methyl sites for hydroxylation is 1. The van der Waals surface area contributed by atoms with Crippen LogP contribution in [0.5, 0.6) is 0 Å². The Morgan fingerprint density at radius 2 is 1.75 bits per heavy atom. The third kappa shape index (κ3) is 5.48. The summed E-state index contributed by atoms with van der Waals surface area (Å²) >= 11 is 0. The Morgan fingerprint density at radius 3 is 2.29 bits per heavy atom. The van der Waals surface area contributed by atoms with Gasteiger partial charge in [0.2, 0.25) is 15.9 Å². The molecule has 1 amide bonds. The summed E-state index contributed by atoms with van der Waals surface area (Å²) in [6, 6.07) is 10.0. The van der Waals surface area contributed by atoms with Crippen molar-refractivity contribution in [3.63, 3.8) is 0 Å². The Morgan fingerprint density at radius 1 is 1.14 bits per heavy atom. The molecule has 0 heterocycles. The molecular weight excluding hydrogens is 393 g/mol. The van der Waals surface area contributed by atoms with E-state index in [1.165, 1.54) is 13.0 Å². The highest BCUT2D eigenvalue weighted by atomic mass is 32.2. The second-order valence-corrected chi connectivity index (χ2v) is 8.35. The molecule has 2 aromatic carbocycles. The van der Waals surface area contributed by atoms with Crippen molar-refractivity contribution in [3.8, 4) is 0 Å². The predicted molar refractivity (Wildman–Crippen MR) is 101 cm³/mol. The van der Waals surface area contributed by atoms with Crippen molar-refractivity contribution in [3.05, 3.63) is 65.2 Å². The number of alkyl halides is 3. The Labute approximate surface area is 162 Å².